The van der Waals surface area contributed by atoms with Crippen molar-refractivity contribution in [2.75, 3.05) is 17.7 Å². The Bertz CT molecular complexity index is 630. The minimum absolute atomic E-state index is 0.226. The van der Waals surface area contributed by atoms with E-state index in [0.717, 1.165) is 21.4 Å². The molecule has 2 aromatic rings. The molecule has 0 atom stereocenters. The highest BCUT2D eigenvalue weighted by Crippen LogP contribution is 2.27. The van der Waals surface area contributed by atoms with Crippen molar-refractivity contribution in [3.63, 3.8) is 0 Å². The number of nitrogens with one attached hydrogen (secondary N) is 2. The van der Waals surface area contributed by atoms with Crippen molar-refractivity contribution in [1.29, 1.82) is 0 Å². The van der Waals surface area contributed by atoms with Gasteiger partial charge in [-0.1, -0.05) is 28.1 Å². The van der Waals surface area contributed by atoms with E-state index in [-0.39, 0.29) is 5.75 Å². The Labute approximate surface area is 134 Å². The lowest BCUT2D eigenvalue weighted by Crippen LogP contribution is -2.17. The van der Waals surface area contributed by atoms with Crippen molar-refractivity contribution in [2.45, 2.75) is 12.9 Å². The zero-order valence-electron chi connectivity index (χ0n) is 11.7. The lowest BCUT2D eigenvalue weighted by atomic mass is 10.2. The molecule has 2 aromatic carbocycles. The molecule has 118 valence electrons. The molecule has 0 aliphatic carbocycles. The van der Waals surface area contributed by atoms with Crippen molar-refractivity contribution in [1.82, 2.24) is 0 Å². The molecule has 22 heavy (non-hydrogen) atoms. The number of benzene rings is 2. The third-order valence-corrected chi connectivity index (χ3v) is 3.38. The highest BCUT2D eigenvalue weighted by atomic mass is 79.9. The summed E-state index contributed by atoms with van der Waals surface area (Å²) in [4.78, 5) is 0. The van der Waals surface area contributed by atoms with Crippen LogP contribution >= 0.6 is 15.9 Å². The first kappa shape index (κ1) is 16.5. The second-order valence-electron chi connectivity index (χ2n) is 4.49. The molecule has 3 nitrogen and oxygen atoms in total. The normalized spacial score (nSPS) is 11.1. The molecule has 7 heteroatoms. The molecule has 0 amide bonds. The first-order chi connectivity index (χ1) is 10.4. The van der Waals surface area contributed by atoms with Gasteiger partial charge >= 0.3 is 6.36 Å². The van der Waals surface area contributed by atoms with E-state index in [2.05, 4.69) is 31.3 Å². The zero-order valence-corrected chi connectivity index (χ0v) is 13.3. The van der Waals surface area contributed by atoms with Crippen molar-refractivity contribution in [3.8, 4) is 5.75 Å². The Hall–Kier alpha value is -1.89. The molecule has 0 fully saturated rings. The van der Waals surface area contributed by atoms with Gasteiger partial charge in [0.1, 0.15) is 5.75 Å². The first-order valence-corrected chi connectivity index (χ1v) is 7.22. The van der Waals surface area contributed by atoms with E-state index >= 15 is 0 Å². The first-order valence-electron chi connectivity index (χ1n) is 6.43. The number of alkyl halides is 3. The van der Waals surface area contributed by atoms with Crippen molar-refractivity contribution in [3.05, 3.63) is 52.5 Å². The number of rotatable bonds is 5. The van der Waals surface area contributed by atoms with E-state index in [1.807, 2.05) is 25.2 Å². The molecule has 2 rings (SSSR count). The van der Waals surface area contributed by atoms with Gasteiger partial charge in [0.15, 0.2) is 0 Å². The van der Waals surface area contributed by atoms with Gasteiger partial charge in [0, 0.05) is 18.1 Å². The maximum atomic E-state index is 12.1. The van der Waals surface area contributed by atoms with Crippen LogP contribution < -0.4 is 15.4 Å². The van der Waals surface area contributed by atoms with Gasteiger partial charge in [0.25, 0.3) is 0 Å². The fourth-order valence-electron chi connectivity index (χ4n) is 1.88. The maximum absolute atomic E-state index is 12.1. The van der Waals surface area contributed by atoms with Crippen LogP contribution in [0.5, 0.6) is 5.75 Å². The number of anilines is 2. The number of hydrogen-bond donors (Lipinski definition) is 2. The van der Waals surface area contributed by atoms with Crippen LogP contribution in [0.25, 0.3) is 0 Å². The minimum atomic E-state index is -4.67. The summed E-state index contributed by atoms with van der Waals surface area (Å²) in [5.74, 6) is -0.226. The Morgan fingerprint density at radius 3 is 2.32 bits per heavy atom. The smallest absolute Gasteiger partial charge is 0.406 e. The predicted octanol–water partition coefficient (Wildman–Crippen LogP) is 5.00. The molecule has 2 N–H and O–H groups in total. The molecule has 0 bridgehead atoms. The molecular weight excluding hydrogens is 361 g/mol. The van der Waals surface area contributed by atoms with E-state index < -0.39 is 6.36 Å². The van der Waals surface area contributed by atoms with E-state index in [4.69, 9.17) is 0 Å². The summed E-state index contributed by atoms with van der Waals surface area (Å²) in [7, 11) is 1.82. The summed E-state index contributed by atoms with van der Waals surface area (Å²) in [6, 6.07) is 11.5. The lowest BCUT2D eigenvalue weighted by molar-refractivity contribution is -0.274. The monoisotopic (exact) mass is 374 g/mol. The Kier molecular flexibility index (Phi) is 5.18. The zero-order chi connectivity index (χ0) is 16.2. The number of ether oxygens (including phenoxy) is 1. The molecular formula is C15H14BrF3N2O. The second kappa shape index (κ2) is 6.91. The van der Waals surface area contributed by atoms with Gasteiger partial charge in [-0.25, -0.2) is 0 Å². The van der Waals surface area contributed by atoms with Gasteiger partial charge < -0.3 is 15.4 Å². The minimum Gasteiger partial charge on any atom is -0.406 e. The van der Waals surface area contributed by atoms with Crippen LogP contribution in [0.1, 0.15) is 5.56 Å². The fraction of sp³-hybridized carbons (Fsp3) is 0.200. The molecule has 0 aliphatic heterocycles. The van der Waals surface area contributed by atoms with Crippen molar-refractivity contribution < 1.29 is 17.9 Å². The van der Waals surface area contributed by atoms with Crippen LogP contribution in [0.2, 0.25) is 0 Å². The predicted molar refractivity (Wildman–Crippen MR) is 84.1 cm³/mol. The Morgan fingerprint density at radius 2 is 1.73 bits per heavy atom. The van der Waals surface area contributed by atoms with Crippen LogP contribution in [0.4, 0.5) is 24.5 Å². The second-order valence-corrected chi connectivity index (χ2v) is 5.40. The topological polar surface area (TPSA) is 33.3 Å². The van der Waals surface area contributed by atoms with Crippen LogP contribution in [0.15, 0.2) is 46.9 Å². The number of hydrogen-bond acceptors (Lipinski definition) is 3. The van der Waals surface area contributed by atoms with Crippen LogP contribution in [-0.4, -0.2) is 13.4 Å². The summed E-state index contributed by atoms with van der Waals surface area (Å²) >= 11 is 3.39. The Morgan fingerprint density at radius 1 is 1.05 bits per heavy atom. The lowest BCUT2D eigenvalue weighted by Gasteiger charge is -2.13. The van der Waals surface area contributed by atoms with E-state index in [1.165, 1.54) is 12.1 Å². The summed E-state index contributed by atoms with van der Waals surface area (Å²) in [5, 5.41) is 6.30. The molecule has 0 aromatic heterocycles. The fourth-order valence-corrected chi connectivity index (χ4v) is 2.24. The van der Waals surface area contributed by atoms with Gasteiger partial charge in [-0.05, 0) is 35.9 Å². The third kappa shape index (κ3) is 4.84. The van der Waals surface area contributed by atoms with Crippen LogP contribution in [0, 0.1) is 0 Å². The summed E-state index contributed by atoms with van der Waals surface area (Å²) in [6.45, 7) is 0.489. The molecule has 0 spiro atoms. The standard InChI is InChI=1S/C15H14BrF3N2O/c1-20-14-8-11(16)4-7-13(14)21-9-10-2-5-12(6-3-10)22-15(17,18)19/h2-8,20-21H,9H2,1H3. The van der Waals surface area contributed by atoms with Crippen molar-refractivity contribution in [2.24, 2.45) is 0 Å². The van der Waals surface area contributed by atoms with Crippen LogP contribution in [0.3, 0.4) is 0 Å². The molecule has 0 radical (unpaired) electrons. The number of halogens is 4. The highest BCUT2D eigenvalue weighted by Gasteiger charge is 2.30. The molecule has 0 aliphatic rings. The van der Waals surface area contributed by atoms with Crippen molar-refractivity contribution >= 4 is 27.3 Å². The summed E-state index contributed by atoms with van der Waals surface area (Å²) < 4.78 is 41.0. The SMILES string of the molecule is CNc1cc(Br)ccc1NCc1ccc(OC(F)(F)F)cc1. The van der Waals surface area contributed by atoms with E-state index in [1.54, 1.807) is 12.1 Å². The highest BCUT2D eigenvalue weighted by molar-refractivity contribution is 9.10. The van der Waals surface area contributed by atoms with E-state index in [0.29, 0.717) is 6.54 Å². The van der Waals surface area contributed by atoms with Gasteiger partial charge in [0.05, 0.1) is 11.4 Å². The van der Waals surface area contributed by atoms with Crippen LogP contribution in [-0.2, 0) is 6.54 Å². The molecule has 0 unspecified atom stereocenters. The molecule has 0 saturated carbocycles. The summed E-state index contributed by atoms with van der Waals surface area (Å²) in [6.07, 6.45) is -4.67. The molecule has 0 heterocycles. The maximum Gasteiger partial charge on any atom is 0.573 e. The van der Waals surface area contributed by atoms with Gasteiger partial charge in [-0.3, -0.25) is 0 Å². The van der Waals surface area contributed by atoms with E-state index in [9.17, 15) is 13.2 Å². The van der Waals surface area contributed by atoms with Gasteiger partial charge in [0.2, 0.25) is 0 Å². The average Bonchev–Trinajstić information content (AvgIpc) is 2.45. The summed E-state index contributed by atoms with van der Waals surface area (Å²) in [5.41, 5.74) is 2.67. The third-order valence-electron chi connectivity index (χ3n) is 2.89. The largest absolute Gasteiger partial charge is 0.573 e. The van der Waals surface area contributed by atoms with Gasteiger partial charge in [-0.2, -0.15) is 0 Å². The average molecular weight is 375 g/mol. The molecule has 0 saturated heterocycles. The Balaban J connectivity index is 2.00. The van der Waals surface area contributed by atoms with Gasteiger partial charge in [-0.15, -0.1) is 13.2 Å². The quantitative estimate of drug-likeness (QED) is 0.772.